The largest absolute Gasteiger partial charge is 0.444 e. The van der Waals surface area contributed by atoms with Crippen molar-refractivity contribution in [1.29, 1.82) is 0 Å². The van der Waals surface area contributed by atoms with Crippen molar-refractivity contribution in [2.45, 2.75) is 52.2 Å². The van der Waals surface area contributed by atoms with E-state index in [-0.39, 0.29) is 11.3 Å². The van der Waals surface area contributed by atoms with Crippen molar-refractivity contribution in [3.05, 3.63) is 12.2 Å². The van der Waals surface area contributed by atoms with Gasteiger partial charge in [-0.15, -0.1) is 0 Å². The SMILES string of the molecule is C=C(C)CNC(=O)C1N(C(=O)OC(C)(C)C)CC12CCOCC2. The molecule has 2 heterocycles. The van der Waals surface area contributed by atoms with Crippen LogP contribution in [0.3, 0.4) is 0 Å². The van der Waals surface area contributed by atoms with Crippen LogP contribution in [0.15, 0.2) is 12.2 Å². The molecule has 23 heavy (non-hydrogen) atoms. The van der Waals surface area contributed by atoms with Crippen LogP contribution in [-0.2, 0) is 14.3 Å². The molecule has 2 fully saturated rings. The minimum absolute atomic E-state index is 0.132. The Morgan fingerprint density at radius 3 is 2.48 bits per heavy atom. The van der Waals surface area contributed by atoms with Crippen molar-refractivity contribution < 1.29 is 19.1 Å². The molecule has 2 amide bonds. The molecule has 2 aliphatic heterocycles. The number of likely N-dealkylation sites (tertiary alicyclic amines) is 1. The van der Waals surface area contributed by atoms with Gasteiger partial charge >= 0.3 is 6.09 Å². The highest BCUT2D eigenvalue weighted by Crippen LogP contribution is 2.46. The Kier molecular flexibility index (Phi) is 5.04. The maximum atomic E-state index is 12.6. The van der Waals surface area contributed by atoms with E-state index in [1.165, 1.54) is 0 Å². The lowest BCUT2D eigenvalue weighted by atomic mass is 9.66. The van der Waals surface area contributed by atoms with Gasteiger partial charge in [0.15, 0.2) is 0 Å². The van der Waals surface area contributed by atoms with Crippen molar-refractivity contribution in [2.24, 2.45) is 5.41 Å². The fraction of sp³-hybridized carbons (Fsp3) is 0.765. The molecule has 6 heteroatoms. The average Bonchev–Trinajstić information content (AvgIpc) is 2.42. The molecule has 6 nitrogen and oxygen atoms in total. The second-order valence-electron chi connectivity index (χ2n) is 7.66. The summed E-state index contributed by atoms with van der Waals surface area (Å²) in [7, 11) is 0. The molecule has 2 saturated heterocycles. The summed E-state index contributed by atoms with van der Waals surface area (Å²) in [6.07, 6.45) is 1.15. The first-order valence-corrected chi connectivity index (χ1v) is 8.14. The van der Waals surface area contributed by atoms with Gasteiger partial charge in [0.1, 0.15) is 11.6 Å². The van der Waals surface area contributed by atoms with E-state index in [1.54, 1.807) is 4.90 Å². The Labute approximate surface area is 138 Å². The highest BCUT2D eigenvalue weighted by molar-refractivity contribution is 5.88. The Balaban J connectivity index is 2.11. The van der Waals surface area contributed by atoms with Crippen LogP contribution in [0.4, 0.5) is 4.79 Å². The summed E-state index contributed by atoms with van der Waals surface area (Å²) in [6, 6.07) is -0.486. The zero-order chi connectivity index (χ0) is 17.3. The number of carbonyl (C=O) groups is 2. The van der Waals surface area contributed by atoms with Crippen LogP contribution in [0.2, 0.25) is 0 Å². The van der Waals surface area contributed by atoms with E-state index in [4.69, 9.17) is 9.47 Å². The molecule has 1 N–H and O–H groups in total. The van der Waals surface area contributed by atoms with Gasteiger partial charge in [0, 0.05) is 31.7 Å². The monoisotopic (exact) mass is 324 g/mol. The van der Waals surface area contributed by atoms with E-state index in [9.17, 15) is 9.59 Å². The number of hydrogen-bond donors (Lipinski definition) is 1. The van der Waals surface area contributed by atoms with Crippen molar-refractivity contribution >= 4 is 12.0 Å². The molecule has 0 aliphatic carbocycles. The van der Waals surface area contributed by atoms with Gasteiger partial charge in [-0.1, -0.05) is 12.2 Å². The zero-order valence-electron chi connectivity index (χ0n) is 14.6. The lowest BCUT2D eigenvalue weighted by Gasteiger charge is -2.57. The van der Waals surface area contributed by atoms with Gasteiger partial charge in [0.05, 0.1) is 0 Å². The number of ether oxygens (including phenoxy) is 2. The van der Waals surface area contributed by atoms with Crippen LogP contribution in [0.1, 0.15) is 40.5 Å². The number of hydrogen-bond acceptors (Lipinski definition) is 4. The Hall–Kier alpha value is -1.56. The molecule has 0 bridgehead atoms. The summed E-state index contributed by atoms with van der Waals surface area (Å²) >= 11 is 0. The normalized spacial score (nSPS) is 23.1. The van der Waals surface area contributed by atoms with E-state index in [2.05, 4.69) is 11.9 Å². The van der Waals surface area contributed by atoms with Crippen LogP contribution in [0.25, 0.3) is 0 Å². The van der Waals surface area contributed by atoms with E-state index in [0.717, 1.165) is 18.4 Å². The highest BCUT2D eigenvalue weighted by atomic mass is 16.6. The predicted molar refractivity (Wildman–Crippen MR) is 87.0 cm³/mol. The quantitative estimate of drug-likeness (QED) is 0.807. The molecular weight excluding hydrogens is 296 g/mol. The number of carbonyl (C=O) groups excluding carboxylic acids is 2. The average molecular weight is 324 g/mol. The van der Waals surface area contributed by atoms with Crippen molar-refractivity contribution in [3.63, 3.8) is 0 Å². The molecule has 1 spiro atoms. The second-order valence-corrected chi connectivity index (χ2v) is 7.66. The number of nitrogens with zero attached hydrogens (tertiary/aromatic N) is 1. The van der Waals surface area contributed by atoms with Gasteiger partial charge in [-0.05, 0) is 40.5 Å². The van der Waals surface area contributed by atoms with Gasteiger partial charge in [-0.3, -0.25) is 9.69 Å². The smallest absolute Gasteiger partial charge is 0.411 e. The van der Waals surface area contributed by atoms with Gasteiger partial charge in [-0.2, -0.15) is 0 Å². The zero-order valence-corrected chi connectivity index (χ0v) is 14.6. The molecule has 2 rings (SSSR count). The minimum Gasteiger partial charge on any atom is -0.444 e. The molecule has 0 aromatic heterocycles. The highest BCUT2D eigenvalue weighted by Gasteiger charge is 2.59. The van der Waals surface area contributed by atoms with Crippen molar-refractivity contribution in [3.8, 4) is 0 Å². The fourth-order valence-corrected chi connectivity index (χ4v) is 3.19. The maximum Gasteiger partial charge on any atom is 0.411 e. The van der Waals surface area contributed by atoms with Crippen LogP contribution in [0.5, 0.6) is 0 Å². The third-order valence-electron chi connectivity index (χ3n) is 4.31. The van der Waals surface area contributed by atoms with E-state index < -0.39 is 17.7 Å². The number of nitrogens with one attached hydrogen (secondary N) is 1. The van der Waals surface area contributed by atoms with E-state index >= 15 is 0 Å². The molecular formula is C17H28N2O4. The number of amides is 2. The molecule has 0 saturated carbocycles. The molecule has 1 unspecified atom stereocenters. The van der Waals surface area contributed by atoms with Gasteiger partial charge < -0.3 is 14.8 Å². The third-order valence-corrected chi connectivity index (χ3v) is 4.31. The molecule has 130 valence electrons. The Bertz CT molecular complexity index is 489. The van der Waals surface area contributed by atoms with Crippen LogP contribution in [-0.4, -0.2) is 54.8 Å². The second kappa shape index (κ2) is 6.51. The minimum atomic E-state index is -0.575. The Morgan fingerprint density at radius 1 is 1.35 bits per heavy atom. The first kappa shape index (κ1) is 17.8. The predicted octanol–water partition coefficient (Wildman–Crippen LogP) is 2.09. The summed E-state index contributed by atoms with van der Waals surface area (Å²) in [4.78, 5) is 26.6. The van der Waals surface area contributed by atoms with Crippen molar-refractivity contribution in [2.75, 3.05) is 26.3 Å². The lowest BCUT2D eigenvalue weighted by Crippen LogP contribution is -2.72. The first-order chi connectivity index (χ1) is 10.6. The lowest BCUT2D eigenvalue weighted by molar-refractivity contribution is -0.158. The summed E-state index contributed by atoms with van der Waals surface area (Å²) in [5.74, 6) is -0.132. The van der Waals surface area contributed by atoms with Crippen LogP contribution in [0, 0.1) is 5.41 Å². The van der Waals surface area contributed by atoms with Gasteiger partial charge in [0.25, 0.3) is 0 Å². The first-order valence-electron chi connectivity index (χ1n) is 8.14. The standard InChI is InChI=1S/C17H28N2O4/c1-12(2)10-18-14(20)13-17(6-8-22-9-7-17)11-19(13)15(21)23-16(3,4)5/h13H,1,6-11H2,2-5H3,(H,18,20). The molecule has 2 aliphatic rings. The number of rotatable bonds is 3. The van der Waals surface area contributed by atoms with Crippen LogP contribution < -0.4 is 5.32 Å². The van der Waals surface area contributed by atoms with E-state index in [1.807, 2.05) is 27.7 Å². The van der Waals surface area contributed by atoms with Gasteiger partial charge in [-0.25, -0.2) is 4.79 Å². The Morgan fingerprint density at radius 2 is 1.96 bits per heavy atom. The molecule has 1 atom stereocenters. The molecule has 0 aromatic rings. The topological polar surface area (TPSA) is 67.9 Å². The molecule has 0 radical (unpaired) electrons. The summed E-state index contributed by atoms with van der Waals surface area (Å²) in [5.41, 5.74) is 0.116. The molecule has 0 aromatic carbocycles. The van der Waals surface area contributed by atoms with Crippen LogP contribution >= 0.6 is 0 Å². The fourth-order valence-electron chi connectivity index (χ4n) is 3.19. The summed E-state index contributed by atoms with van der Waals surface area (Å²) < 4.78 is 10.9. The summed E-state index contributed by atoms with van der Waals surface area (Å²) in [5, 5.41) is 2.87. The van der Waals surface area contributed by atoms with E-state index in [0.29, 0.717) is 26.3 Å². The maximum absolute atomic E-state index is 12.6. The third kappa shape index (κ3) is 4.05. The van der Waals surface area contributed by atoms with Gasteiger partial charge in [0.2, 0.25) is 5.91 Å². The summed E-state index contributed by atoms with van der Waals surface area (Å²) in [6.45, 7) is 13.4. The van der Waals surface area contributed by atoms with Crippen molar-refractivity contribution in [1.82, 2.24) is 10.2 Å².